The first-order chi connectivity index (χ1) is 10.2. The summed E-state index contributed by atoms with van der Waals surface area (Å²) in [7, 11) is 0. The van der Waals surface area contributed by atoms with Gasteiger partial charge in [0.1, 0.15) is 0 Å². The first-order valence-electron chi connectivity index (χ1n) is 8.43. The second-order valence-corrected chi connectivity index (χ2v) is 7.76. The molecule has 1 saturated carbocycles. The van der Waals surface area contributed by atoms with Gasteiger partial charge in [0.25, 0.3) is 0 Å². The number of benzene rings is 1. The zero-order valence-electron chi connectivity index (χ0n) is 13.0. The van der Waals surface area contributed by atoms with Crippen LogP contribution in [0.1, 0.15) is 57.1 Å². The standard InChI is InChI=1S/C18H27BrN2/c1-13(20)18(15-8-10-16(19)11-9-15)21-12-4-7-17(21)14-5-2-3-6-14/h8-11,13-14,17-18H,2-7,12,20H2,1H3. The van der Waals surface area contributed by atoms with Gasteiger partial charge in [-0.2, -0.15) is 0 Å². The fraction of sp³-hybridized carbons (Fsp3) is 0.667. The summed E-state index contributed by atoms with van der Waals surface area (Å²) in [4.78, 5) is 2.73. The average Bonchev–Trinajstić information content (AvgIpc) is 3.11. The molecule has 3 heteroatoms. The van der Waals surface area contributed by atoms with Crippen molar-refractivity contribution in [2.45, 2.75) is 63.6 Å². The molecule has 1 saturated heterocycles. The van der Waals surface area contributed by atoms with Gasteiger partial charge in [-0.3, -0.25) is 4.90 Å². The smallest absolute Gasteiger partial charge is 0.0499 e. The maximum atomic E-state index is 6.39. The largest absolute Gasteiger partial charge is 0.326 e. The Labute approximate surface area is 137 Å². The summed E-state index contributed by atoms with van der Waals surface area (Å²) in [6.45, 7) is 3.38. The van der Waals surface area contributed by atoms with E-state index in [4.69, 9.17) is 5.73 Å². The van der Waals surface area contributed by atoms with Crippen LogP contribution in [0.4, 0.5) is 0 Å². The van der Waals surface area contributed by atoms with Crippen LogP contribution in [0.15, 0.2) is 28.7 Å². The molecule has 0 spiro atoms. The molecule has 1 aliphatic heterocycles. The lowest BCUT2D eigenvalue weighted by Gasteiger charge is -2.38. The van der Waals surface area contributed by atoms with E-state index in [0.29, 0.717) is 6.04 Å². The minimum Gasteiger partial charge on any atom is -0.326 e. The second-order valence-electron chi connectivity index (χ2n) is 6.85. The van der Waals surface area contributed by atoms with E-state index in [1.165, 1.54) is 50.6 Å². The summed E-state index contributed by atoms with van der Waals surface area (Å²) in [5.74, 6) is 0.907. The third-order valence-corrected chi connectivity index (χ3v) is 5.88. The average molecular weight is 351 g/mol. The third-order valence-electron chi connectivity index (χ3n) is 5.35. The Balaban J connectivity index is 1.83. The lowest BCUT2D eigenvalue weighted by atomic mass is 9.92. The van der Waals surface area contributed by atoms with Crippen LogP contribution in [0.3, 0.4) is 0 Å². The predicted molar refractivity (Wildman–Crippen MR) is 92.2 cm³/mol. The maximum Gasteiger partial charge on any atom is 0.0499 e. The summed E-state index contributed by atoms with van der Waals surface area (Å²) in [5.41, 5.74) is 7.77. The number of likely N-dealkylation sites (tertiary alicyclic amines) is 1. The van der Waals surface area contributed by atoms with E-state index in [-0.39, 0.29) is 6.04 Å². The minimum atomic E-state index is 0.174. The first-order valence-corrected chi connectivity index (χ1v) is 9.23. The summed E-state index contributed by atoms with van der Waals surface area (Å²) < 4.78 is 1.14. The van der Waals surface area contributed by atoms with Crippen LogP contribution in [0.25, 0.3) is 0 Å². The van der Waals surface area contributed by atoms with Crippen LogP contribution in [0.2, 0.25) is 0 Å². The molecule has 1 aromatic carbocycles. The molecule has 3 unspecified atom stereocenters. The van der Waals surface area contributed by atoms with E-state index in [9.17, 15) is 0 Å². The first kappa shape index (κ1) is 15.5. The number of nitrogens with two attached hydrogens (primary N) is 1. The van der Waals surface area contributed by atoms with Gasteiger partial charge in [-0.05, 0) is 62.8 Å². The van der Waals surface area contributed by atoms with E-state index in [2.05, 4.69) is 52.0 Å². The van der Waals surface area contributed by atoms with Gasteiger partial charge in [0.2, 0.25) is 0 Å². The number of hydrogen-bond acceptors (Lipinski definition) is 2. The highest BCUT2D eigenvalue weighted by molar-refractivity contribution is 9.10. The van der Waals surface area contributed by atoms with Crippen molar-refractivity contribution in [2.75, 3.05) is 6.54 Å². The van der Waals surface area contributed by atoms with Crippen LogP contribution >= 0.6 is 15.9 Å². The van der Waals surface area contributed by atoms with Crippen molar-refractivity contribution < 1.29 is 0 Å². The van der Waals surface area contributed by atoms with Crippen LogP contribution in [-0.2, 0) is 0 Å². The van der Waals surface area contributed by atoms with E-state index in [1.807, 2.05) is 0 Å². The highest BCUT2D eigenvalue weighted by Crippen LogP contribution is 2.40. The highest BCUT2D eigenvalue weighted by atomic mass is 79.9. The molecule has 0 radical (unpaired) electrons. The van der Waals surface area contributed by atoms with Crippen LogP contribution < -0.4 is 5.73 Å². The zero-order chi connectivity index (χ0) is 14.8. The molecular formula is C18H27BrN2. The highest BCUT2D eigenvalue weighted by Gasteiger charge is 2.38. The molecule has 0 amide bonds. The molecule has 2 aliphatic rings. The van der Waals surface area contributed by atoms with Gasteiger partial charge in [-0.15, -0.1) is 0 Å². The normalized spacial score (nSPS) is 27.1. The van der Waals surface area contributed by atoms with E-state index in [0.717, 1.165) is 16.4 Å². The molecule has 21 heavy (non-hydrogen) atoms. The van der Waals surface area contributed by atoms with Crippen molar-refractivity contribution in [3.63, 3.8) is 0 Å². The molecule has 2 fully saturated rings. The van der Waals surface area contributed by atoms with Crippen molar-refractivity contribution in [1.29, 1.82) is 0 Å². The summed E-state index contributed by atoms with van der Waals surface area (Å²) in [6.07, 6.45) is 8.40. The Kier molecular flexibility index (Phi) is 5.03. The van der Waals surface area contributed by atoms with Gasteiger partial charge in [-0.1, -0.05) is 40.9 Å². The minimum absolute atomic E-state index is 0.174. The van der Waals surface area contributed by atoms with Crippen molar-refractivity contribution in [3.05, 3.63) is 34.3 Å². The topological polar surface area (TPSA) is 29.3 Å². The monoisotopic (exact) mass is 350 g/mol. The number of hydrogen-bond donors (Lipinski definition) is 1. The molecule has 2 nitrogen and oxygen atoms in total. The van der Waals surface area contributed by atoms with E-state index >= 15 is 0 Å². The molecule has 3 rings (SSSR count). The fourth-order valence-corrected chi connectivity index (χ4v) is 4.73. The Morgan fingerprint density at radius 1 is 1.10 bits per heavy atom. The lowest BCUT2D eigenvalue weighted by Crippen LogP contribution is -2.44. The summed E-state index contributed by atoms with van der Waals surface area (Å²) in [6, 6.07) is 10.1. The SMILES string of the molecule is CC(N)C(c1ccc(Br)cc1)N1CCCC1C1CCCC1. The lowest BCUT2D eigenvalue weighted by molar-refractivity contribution is 0.120. The molecule has 0 bridgehead atoms. The zero-order valence-corrected chi connectivity index (χ0v) is 14.6. The third kappa shape index (κ3) is 3.35. The Morgan fingerprint density at radius 3 is 2.38 bits per heavy atom. The Hall–Kier alpha value is -0.380. The molecule has 116 valence electrons. The molecule has 1 aromatic rings. The summed E-state index contributed by atoms with van der Waals surface area (Å²) >= 11 is 3.54. The fourth-order valence-electron chi connectivity index (χ4n) is 4.47. The number of nitrogens with zero attached hydrogens (tertiary/aromatic N) is 1. The molecule has 1 heterocycles. The van der Waals surface area contributed by atoms with Crippen molar-refractivity contribution in [2.24, 2.45) is 11.7 Å². The van der Waals surface area contributed by atoms with Gasteiger partial charge < -0.3 is 5.73 Å². The van der Waals surface area contributed by atoms with Gasteiger partial charge in [0, 0.05) is 22.6 Å². The van der Waals surface area contributed by atoms with E-state index < -0.39 is 0 Å². The maximum absolute atomic E-state index is 6.39. The second kappa shape index (κ2) is 6.80. The molecular weight excluding hydrogens is 324 g/mol. The molecule has 0 aromatic heterocycles. The Morgan fingerprint density at radius 2 is 1.76 bits per heavy atom. The van der Waals surface area contributed by atoms with Crippen molar-refractivity contribution >= 4 is 15.9 Å². The van der Waals surface area contributed by atoms with Gasteiger partial charge >= 0.3 is 0 Å². The van der Waals surface area contributed by atoms with Crippen LogP contribution in [-0.4, -0.2) is 23.5 Å². The molecule has 1 aliphatic carbocycles. The van der Waals surface area contributed by atoms with Gasteiger partial charge in [0.15, 0.2) is 0 Å². The molecule has 3 atom stereocenters. The Bertz CT molecular complexity index is 451. The number of halogens is 1. The van der Waals surface area contributed by atoms with Crippen molar-refractivity contribution in [3.8, 4) is 0 Å². The van der Waals surface area contributed by atoms with Gasteiger partial charge in [0.05, 0.1) is 0 Å². The van der Waals surface area contributed by atoms with Crippen LogP contribution in [0, 0.1) is 5.92 Å². The van der Waals surface area contributed by atoms with E-state index in [1.54, 1.807) is 0 Å². The summed E-state index contributed by atoms with van der Waals surface area (Å²) in [5, 5.41) is 0. The van der Waals surface area contributed by atoms with Gasteiger partial charge in [-0.25, -0.2) is 0 Å². The quantitative estimate of drug-likeness (QED) is 0.866. The molecule has 2 N–H and O–H groups in total. The van der Waals surface area contributed by atoms with Crippen LogP contribution in [0.5, 0.6) is 0 Å². The van der Waals surface area contributed by atoms with Crippen molar-refractivity contribution in [1.82, 2.24) is 4.90 Å². The predicted octanol–water partition coefficient (Wildman–Crippen LogP) is 4.49. The number of rotatable bonds is 4.